The van der Waals surface area contributed by atoms with Gasteiger partial charge in [-0.3, -0.25) is 4.79 Å². The average molecular weight is 306 g/mol. The van der Waals surface area contributed by atoms with Crippen molar-refractivity contribution >= 4 is 40.8 Å². The van der Waals surface area contributed by atoms with E-state index >= 15 is 0 Å². The van der Waals surface area contributed by atoms with Crippen molar-refractivity contribution in [3.05, 3.63) is 0 Å². The van der Waals surface area contributed by atoms with E-state index in [1.807, 2.05) is 6.26 Å². The first kappa shape index (κ1) is 15.7. The summed E-state index contributed by atoms with van der Waals surface area (Å²) in [6.45, 7) is 1.68. The van der Waals surface area contributed by atoms with Crippen LogP contribution in [0.25, 0.3) is 0 Å². The highest BCUT2D eigenvalue weighted by Crippen LogP contribution is 2.28. The molecular formula is C10H18N4OS3. The van der Waals surface area contributed by atoms with Crippen LogP contribution in [0.2, 0.25) is 0 Å². The Kier molecular flexibility index (Phi) is 6.40. The number of thioether (sulfide) groups is 2. The zero-order chi connectivity index (χ0) is 13.6. The molecule has 0 saturated heterocycles. The summed E-state index contributed by atoms with van der Waals surface area (Å²) in [5.74, 6) is 0.515. The zero-order valence-corrected chi connectivity index (χ0v) is 13.0. The second-order valence-corrected chi connectivity index (χ2v) is 7.50. The van der Waals surface area contributed by atoms with E-state index in [0.717, 1.165) is 27.3 Å². The van der Waals surface area contributed by atoms with Crippen LogP contribution in [-0.2, 0) is 4.79 Å². The van der Waals surface area contributed by atoms with E-state index in [0.29, 0.717) is 6.42 Å². The van der Waals surface area contributed by atoms with Gasteiger partial charge in [0.2, 0.25) is 5.91 Å². The van der Waals surface area contributed by atoms with Gasteiger partial charge in [-0.25, -0.2) is 0 Å². The van der Waals surface area contributed by atoms with Gasteiger partial charge in [-0.1, -0.05) is 41.3 Å². The van der Waals surface area contributed by atoms with Crippen LogP contribution in [0.15, 0.2) is 8.68 Å². The molecule has 0 fully saturated rings. The average Bonchev–Trinajstić information content (AvgIpc) is 2.76. The Bertz CT molecular complexity index is 394. The number of nitrogens with two attached hydrogens (primary N) is 2. The van der Waals surface area contributed by atoms with E-state index < -0.39 is 11.4 Å². The molecule has 1 heterocycles. The summed E-state index contributed by atoms with van der Waals surface area (Å²) in [5.41, 5.74) is 10.1. The molecule has 0 aliphatic rings. The Morgan fingerprint density at radius 1 is 1.39 bits per heavy atom. The van der Waals surface area contributed by atoms with Crippen molar-refractivity contribution in [3.8, 4) is 0 Å². The van der Waals surface area contributed by atoms with Crippen LogP contribution < -0.4 is 11.5 Å². The molecule has 18 heavy (non-hydrogen) atoms. The van der Waals surface area contributed by atoms with E-state index in [2.05, 4.69) is 10.2 Å². The summed E-state index contributed by atoms with van der Waals surface area (Å²) in [7, 11) is 0. The second kappa shape index (κ2) is 7.32. The Balaban J connectivity index is 2.17. The van der Waals surface area contributed by atoms with Gasteiger partial charge in [-0.2, -0.15) is 0 Å². The fraction of sp³-hybridized carbons (Fsp3) is 0.700. The van der Waals surface area contributed by atoms with E-state index in [1.165, 1.54) is 0 Å². The summed E-state index contributed by atoms with van der Waals surface area (Å²) in [5, 5.41) is 8.10. The van der Waals surface area contributed by atoms with Crippen LogP contribution in [0.1, 0.15) is 26.2 Å². The molecule has 1 aromatic rings. The van der Waals surface area contributed by atoms with Gasteiger partial charge in [0.25, 0.3) is 0 Å². The maximum atomic E-state index is 11.0. The molecule has 1 aromatic heterocycles. The second-order valence-electron chi connectivity index (χ2n) is 4.13. The number of nitrogens with zero attached hydrogens (tertiary/aromatic N) is 2. The van der Waals surface area contributed by atoms with Crippen molar-refractivity contribution in [2.24, 2.45) is 11.5 Å². The van der Waals surface area contributed by atoms with Gasteiger partial charge < -0.3 is 11.5 Å². The lowest BCUT2D eigenvalue weighted by Crippen LogP contribution is -2.49. The van der Waals surface area contributed by atoms with Crippen LogP contribution in [0.5, 0.6) is 0 Å². The summed E-state index contributed by atoms with van der Waals surface area (Å²) in [4.78, 5) is 11.0. The summed E-state index contributed by atoms with van der Waals surface area (Å²) in [6, 6.07) is 0. The van der Waals surface area contributed by atoms with Gasteiger partial charge in [-0.15, -0.1) is 10.2 Å². The number of unbranched alkanes of at least 4 members (excludes halogenated alkanes) is 1. The molecule has 1 unspecified atom stereocenters. The Hall–Kier alpha value is -0.310. The van der Waals surface area contributed by atoms with Crippen molar-refractivity contribution in [2.75, 3.05) is 12.0 Å². The van der Waals surface area contributed by atoms with Crippen molar-refractivity contribution in [1.29, 1.82) is 0 Å². The molecule has 1 rings (SSSR count). The van der Waals surface area contributed by atoms with Crippen molar-refractivity contribution in [2.45, 2.75) is 40.4 Å². The minimum absolute atomic E-state index is 0.441. The maximum absolute atomic E-state index is 11.0. The topological polar surface area (TPSA) is 94.9 Å². The summed E-state index contributed by atoms with van der Waals surface area (Å²) < 4.78 is 1.98. The molecule has 0 aliphatic heterocycles. The number of hydrogen-bond acceptors (Lipinski definition) is 7. The van der Waals surface area contributed by atoms with Gasteiger partial charge in [0, 0.05) is 5.75 Å². The smallest absolute Gasteiger partial charge is 0.237 e. The molecule has 0 aromatic carbocycles. The van der Waals surface area contributed by atoms with E-state index in [9.17, 15) is 4.79 Å². The molecule has 5 nitrogen and oxygen atoms in total. The minimum Gasteiger partial charge on any atom is -0.368 e. The van der Waals surface area contributed by atoms with Crippen LogP contribution in [0.4, 0.5) is 0 Å². The van der Waals surface area contributed by atoms with E-state index in [1.54, 1.807) is 41.8 Å². The predicted molar refractivity (Wildman–Crippen MR) is 78.1 cm³/mol. The van der Waals surface area contributed by atoms with Crippen LogP contribution in [0, 0.1) is 0 Å². The van der Waals surface area contributed by atoms with Crippen molar-refractivity contribution < 1.29 is 4.79 Å². The predicted octanol–water partition coefficient (Wildman–Crippen LogP) is 1.73. The molecule has 1 amide bonds. The third-order valence-electron chi connectivity index (χ3n) is 2.44. The Morgan fingerprint density at radius 2 is 2.06 bits per heavy atom. The molecular weight excluding hydrogens is 288 g/mol. The van der Waals surface area contributed by atoms with Crippen LogP contribution in [0.3, 0.4) is 0 Å². The lowest BCUT2D eigenvalue weighted by Gasteiger charge is -2.19. The van der Waals surface area contributed by atoms with Crippen molar-refractivity contribution in [1.82, 2.24) is 10.2 Å². The van der Waals surface area contributed by atoms with Gasteiger partial charge in [0.05, 0.1) is 5.54 Å². The fourth-order valence-electron chi connectivity index (χ4n) is 1.21. The fourth-order valence-corrected chi connectivity index (χ4v) is 3.72. The standard InChI is InChI=1S/C10H18N4OS3/c1-10(12,7(11)15)5-3-4-6-17-9-14-13-8(16-2)18-9/h3-6,12H2,1-2H3,(H2,11,15). The normalized spacial score (nSPS) is 14.4. The molecule has 102 valence electrons. The van der Waals surface area contributed by atoms with Gasteiger partial charge in [-0.05, 0) is 26.0 Å². The zero-order valence-electron chi connectivity index (χ0n) is 10.5. The van der Waals surface area contributed by atoms with Crippen molar-refractivity contribution in [3.63, 3.8) is 0 Å². The van der Waals surface area contributed by atoms with E-state index in [4.69, 9.17) is 11.5 Å². The van der Waals surface area contributed by atoms with E-state index in [-0.39, 0.29) is 0 Å². The Morgan fingerprint density at radius 3 is 2.61 bits per heavy atom. The number of hydrogen-bond donors (Lipinski definition) is 2. The largest absolute Gasteiger partial charge is 0.368 e. The molecule has 0 spiro atoms. The first-order chi connectivity index (χ1) is 8.45. The number of aromatic nitrogens is 2. The quantitative estimate of drug-likeness (QED) is 0.561. The molecule has 4 N–H and O–H groups in total. The first-order valence-corrected chi connectivity index (χ1v) is 8.57. The molecule has 0 bridgehead atoms. The lowest BCUT2D eigenvalue weighted by molar-refractivity contribution is -0.122. The highest BCUT2D eigenvalue weighted by Gasteiger charge is 2.24. The highest BCUT2D eigenvalue weighted by atomic mass is 32.2. The minimum atomic E-state index is -0.889. The monoisotopic (exact) mass is 306 g/mol. The first-order valence-electron chi connectivity index (χ1n) is 5.55. The van der Waals surface area contributed by atoms with Gasteiger partial charge in [0.15, 0.2) is 8.68 Å². The Labute approximate surface area is 119 Å². The molecule has 0 radical (unpaired) electrons. The number of carbonyl (C=O) groups excluding carboxylic acids is 1. The summed E-state index contributed by atoms with van der Waals surface area (Å²) in [6.07, 6.45) is 4.48. The van der Waals surface area contributed by atoms with Crippen LogP contribution >= 0.6 is 34.9 Å². The molecule has 0 saturated carbocycles. The number of rotatable bonds is 8. The molecule has 1 atom stereocenters. The molecule has 0 aliphatic carbocycles. The van der Waals surface area contributed by atoms with Gasteiger partial charge in [0.1, 0.15) is 0 Å². The van der Waals surface area contributed by atoms with Gasteiger partial charge >= 0.3 is 0 Å². The number of primary amides is 1. The lowest BCUT2D eigenvalue weighted by atomic mass is 9.96. The summed E-state index contributed by atoms with van der Waals surface area (Å²) >= 11 is 4.90. The number of amides is 1. The molecule has 8 heteroatoms. The SMILES string of the molecule is CSc1nnc(SCCCCC(C)(N)C(N)=O)s1. The number of carbonyl (C=O) groups is 1. The third kappa shape index (κ3) is 5.13. The highest BCUT2D eigenvalue weighted by molar-refractivity contribution is 8.02. The van der Waals surface area contributed by atoms with Crippen LogP contribution in [-0.4, -0.2) is 33.7 Å². The maximum Gasteiger partial charge on any atom is 0.237 e. The third-order valence-corrected chi connectivity index (χ3v) is 5.56.